The molecule has 0 bridgehead atoms. The number of fused-ring (bicyclic) bond motifs is 8. The number of hydrogen-bond donors (Lipinski definition) is 0. The Balaban J connectivity index is 1.16. The molecule has 1 saturated heterocycles. The molecule has 8 rings (SSSR count). The zero-order valence-corrected chi connectivity index (χ0v) is 27.5. The Bertz CT molecular complexity index is 2020. The second-order valence-corrected chi connectivity index (χ2v) is 15.6. The van der Waals surface area contributed by atoms with E-state index < -0.39 is 38.7 Å². The van der Waals surface area contributed by atoms with Crippen molar-refractivity contribution in [2.75, 3.05) is 18.0 Å². The van der Waals surface area contributed by atoms with Crippen molar-refractivity contribution in [2.45, 2.75) is 87.7 Å². The molecule has 11 nitrogen and oxygen atoms in total. The van der Waals surface area contributed by atoms with Crippen molar-refractivity contribution >= 4 is 45.0 Å². The van der Waals surface area contributed by atoms with Crippen LogP contribution in [0.1, 0.15) is 70.1 Å². The Morgan fingerprint density at radius 2 is 1.74 bits per heavy atom. The number of hydroxylamine groups is 2. The SMILES string of the molecule is CC1(C)C2=C3C=C4C5=[N+](CCC4OC3CCN2c2ccc(S(=O)(=O)[O-])cc21)c1ccc(CC(=O)ON2C(=O)CCC2=O)cc1C5(C)C. The standard InChI is InChI=1S/C35H35N3O8S/c1-34(2)23-15-19(16-31(41)46-38-29(39)9-10-30(38)40)5-7-25(23)36-13-11-27-21(32(34)36)18-22-28(45-27)12-14-37-26-8-6-20(47(42,43)44)17-24(26)35(3,4)33(22)37/h5-8,15,17-18,27-28H,9-14,16H2,1-4H3. The predicted molar refractivity (Wildman–Crippen MR) is 168 cm³/mol. The first-order valence-corrected chi connectivity index (χ1v) is 17.4. The number of ether oxygens (including phenoxy) is 1. The van der Waals surface area contributed by atoms with E-state index in [-0.39, 0.29) is 36.4 Å². The molecule has 2 aromatic carbocycles. The lowest BCUT2D eigenvalue weighted by molar-refractivity contribution is -0.445. The van der Waals surface area contributed by atoms with Gasteiger partial charge in [0.2, 0.25) is 5.69 Å². The summed E-state index contributed by atoms with van der Waals surface area (Å²) in [6, 6.07) is 10.6. The van der Waals surface area contributed by atoms with Crippen molar-refractivity contribution in [1.82, 2.24) is 5.06 Å². The molecular weight excluding hydrogens is 622 g/mol. The first-order chi connectivity index (χ1) is 22.2. The van der Waals surface area contributed by atoms with Gasteiger partial charge >= 0.3 is 5.97 Å². The number of nitrogens with zero attached hydrogens (tertiary/aromatic N) is 3. The van der Waals surface area contributed by atoms with E-state index in [9.17, 15) is 27.4 Å². The molecule has 0 aliphatic carbocycles. The van der Waals surface area contributed by atoms with Gasteiger partial charge in [0.1, 0.15) is 10.1 Å². The monoisotopic (exact) mass is 657 g/mol. The van der Waals surface area contributed by atoms with Crippen LogP contribution in [0.2, 0.25) is 0 Å². The number of carbonyl (C=O) groups is 3. The summed E-state index contributed by atoms with van der Waals surface area (Å²) in [7, 11) is -4.60. The van der Waals surface area contributed by atoms with Gasteiger partial charge in [-0.25, -0.2) is 13.2 Å². The van der Waals surface area contributed by atoms with Gasteiger partial charge in [-0.05, 0) is 61.7 Å². The number of rotatable bonds is 4. The Morgan fingerprint density at radius 1 is 1.00 bits per heavy atom. The number of imide groups is 1. The predicted octanol–water partition coefficient (Wildman–Crippen LogP) is 3.67. The molecule has 0 saturated carbocycles. The smallest absolute Gasteiger partial charge is 0.337 e. The molecule has 244 valence electrons. The summed E-state index contributed by atoms with van der Waals surface area (Å²) in [6.07, 6.45) is 3.72. The average Bonchev–Trinajstić information content (AvgIpc) is 3.55. The van der Waals surface area contributed by atoms with E-state index in [1.54, 1.807) is 6.07 Å². The van der Waals surface area contributed by atoms with Gasteiger partial charge in [0, 0.05) is 65.4 Å². The van der Waals surface area contributed by atoms with E-state index in [1.165, 1.54) is 12.1 Å². The molecule has 0 spiro atoms. The van der Waals surface area contributed by atoms with Crippen LogP contribution in [0.4, 0.5) is 11.4 Å². The van der Waals surface area contributed by atoms with Crippen LogP contribution in [-0.2, 0) is 51.3 Å². The molecule has 0 radical (unpaired) electrons. The highest BCUT2D eigenvalue weighted by Crippen LogP contribution is 2.54. The number of amides is 2. The van der Waals surface area contributed by atoms with Gasteiger partial charge < -0.3 is 19.0 Å². The van der Waals surface area contributed by atoms with E-state index in [2.05, 4.69) is 43.2 Å². The van der Waals surface area contributed by atoms with Gasteiger partial charge in [-0.15, -0.1) is 5.06 Å². The number of carbonyl (C=O) groups excluding carboxylic acids is 3. The van der Waals surface area contributed by atoms with Crippen molar-refractivity contribution in [2.24, 2.45) is 0 Å². The normalized spacial score (nSPS) is 25.2. The Hall–Kier alpha value is -4.13. The summed E-state index contributed by atoms with van der Waals surface area (Å²) >= 11 is 0. The lowest BCUT2D eigenvalue weighted by atomic mass is 9.73. The van der Waals surface area contributed by atoms with Crippen LogP contribution in [-0.4, -0.2) is 71.4 Å². The highest BCUT2D eigenvalue weighted by molar-refractivity contribution is 7.85. The largest absolute Gasteiger partial charge is 0.744 e. The third-order valence-electron chi connectivity index (χ3n) is 10.6. The third-order valence-corrected chi connectivity index (χ3v) is 11.5. The topological polar surface area (TPSA) is 136 Å². The molecule has 6 heterocycles. The van der Waals surface area contributed by atoms with Crippen molar-refractivity contribution in [3.63, 3.8) is 0 Å². The van der Waals surface area contributed by atoms with E-state index in [0.717, 1.165) is 76.6 Å². The van der Waals surface area contributed by atoms with Crippen LogP contribution in [0.3, 0.4) is 0 Å². The van der Waals surface area contributed by atoms with Crippen LogP contribution in [0.15, 0.2) is 64.2 Å². The molecule has 6 aliphatic rings. The summed E-state index contributed by atoms with van der Waals surface area (Å²) in [4.78, 5) is 43.7. The number of allylic oxidation sites excluding steroid dienone is 1. The maximum absolute atomic E-state index is 12.7. The molecule has 0 N–H and O–H groups in total. The van der Waals surface area contributed by atoms with Crippen molar-refractivity contribution < 1.29 is 41.5 Å². The van der Waals surface area contributed by atoms with Crippen molar-refractivity contribution in [3.8, 4) is 0 Å². The van der Waals surface area contributed by atoms with E-state index in [1.807, 2.05) is 18.2 Å². The molecule has 47 heavy (non-hydrogen) atoms. The summed E-state index contributed by atoms with van der Waals surface area (Å²) in [5.41, 5.74) is 8.00. The maximum atomic E-state index is 12.7. The Morgan fingerprint density at radius 3 is 2.47 bits per heavy atom. The fourth-order valence-corrected chi connectivity index (χ4v) is 9.04. The molecule has 2 atom stereocenters. The summed E-state index contributed by atoms with van der Waals surface area (Å²) < 4.78 is 44.9. The lowest BCUT2D eigenvalue weighted by Gasteiger charge is -2.42. The Kier molecular flexibility index (Phi) is 6.39. The van der Waals surface area contributed by atoms with Gasteiger partial charge in [0.05, 0.1) is 28.9 Å². The summed E-state index contributed by atoms with van der Waals surface area (Å²) in [6.45, 7) is 9.99. The first kappa shape index (κ1) is 30.2. The lowest BCUT2D eigenvalue weighted by Crippen LogP contribution is -2.47. The van der Waals surface area contributed by atoms with E-state index in [0.29, 0.717) is 5.06 Å². The van der Waals surface area contributed by atoms with Crippen molar-refractivity contribution in [1.29, 1.82) is 0 Å². The highest BCUT2D eigenvalue weighted by Gasteiger charge is 2.54. The molecule has 6 aliphatic heterocycles. The molecule has 12 heteroatoms. The Labute approximate surface area is 272 Å². The van der Waals surface area contributed by atoms with Gasteiger partial charge in [0.15, 0.2) is 12.3 Å². The van der Waals surface area contributed by atoms with Crippen LogP contribution in [0.25, 0.3) is 0 Å². The zero-order chi connectivity index (χ0) is 33.2. The summed E-state index contributed by atoms with van der Waals surface area (Å²) in [5, 5.41) is 0.579. The first-order valence-electron chi connectivity index (χ1n) is 16.0. The second-order valence-electron chi connectivity index (χ2n) is 14.2. The zero-order valence-electron chi connectivity index (χ0n) is 26.7. The molecule has 2 aromatic rings. The molecule has 1 fully saturated rings. The second kappa shape index (κ2) is 9.94. The average molecular weight is 658 g/mol. The minimum absolute atomic E-state index is 0.0441. The summed E-state index contributed by atoms with van der Waals surface area (Å²) in [5.74, 6) is -1.68. The van der Waals surface area contributed by atoms with Crippen LogP contribution < -0.4 is 4.90 Å². The quantitative estimate of drug-likeness (QED) is 0.274. The van der Waals surface area contributed by atoms with Gasteiger partial charge in [-0.2, -0.15) is 4.58 Å². The van der Waals surface area contributed by atoms with E-state index >= 15 is 0 Å². The molecule has 2 amide bonds. The number of benzene rings is 2. The highest BCUT2D eigenvalue weighted by atomic mass is 32.2. The van der Waals surface area contributed by atoms with Crippen LogP contribution >= 0.6 is 0 Å². The third kappa shape index (κ3) is 4.41. The van der Waals surface area contributed by atoms with Crippen LogP contribution in [0.5, 0.6) is 0 Å². The minimum atomic E-state index is -4.60. The molecule has 0 aromatic heterocycles. The van der Waals surface area contributed by atoms with Crippen LogP contribution in [0, 0.1) is 0 Å². The number of hydrogen-bond acceptors (Lipinski definition) is 9. The minimum Gasteiger partial charge on any atom is -0.744 e. The van der Waals surface area contributed by atoms with Gasteiger partial charge in [-0.3, -0.25) is 9.59 Å². The van der Waals surface area contributed by atoms with E-state index in [4.69, 9.17) is 9.57 Å². The fraction of sp³-hybridized carbons (Fsp3) is 0.429. The van der Waals surface area contributed by atoms with Gasteiger partial charge in [-0.1, -0.05) is 19.9 Å². The fourth-order valence-electron chi connectivity index (χ4n) is 8.54. The molecule has 2 unspecified atom stereocenters. The number of anilines is 1. The van der Waals surface area contributed by atoms with Crippen molar-refractivity contribution in [3.05, 3.63) is 76.0 Å². The molecular formula is C35H35N3O8S. The maximum Gasteiger partial charge on any atom is 0.337 e. The van der Waals surface area contributed by atoms with Gasteiger partial charge in [0.25, 0.3) is 11.8 Å².